The predicted octanol–water partition coefficient (Wildman–Crippen LogP) is 3.85. The molecule has 9 nitrogen and oxygen atoms in total. The molecule has 1 saturated carbocycles. The third kappa shape index (κ3) is 8.88. The van der Waals surface area contributed by atoms with Gasteiger partial charge in [0, 0.05) is 24.5 Å². The van der Waals surface area contributed by atoms with Crippen molar-refractivity contribution < 1.29 is 41.4 Å². The Morgan fingerprint density at radius 3 is 2.45 bits per heavy atom. The van der Waals surface area contributed by atoms with Crippen molar-refractivity contribution in [3.8, 4) is 5.75 Å². The molecular formula is C33H46FN2O7S+. The minimum atomic E-state index is -3.42. The second kappa shape index (κ2) is 15.9. The molecule has 1 aliphatic heterocycles. The van der Waals surface area contributed by atoms with Crippen molar-refractivity contribution in [2.24, 2.45) is 11.8 Å². The highest BCUT2D eigenvalue weighted by atomic mass is 32.2. The zero-order valence-electron chi connectivity index (χ0n) is 25.7. The van der Waals surface area contributed by atoms with Crippen LogP contribution in [0.1, 0.15) is 68.9 Å². The summed E-state index contributed by atoms with van der Waals surface area (Å²) in [4.78, 5) is 1.35. The van der Waals surface area contributed by atoms with Crippen LogP contribution in [0.3, 0.4) is 0 Å². The summed E-state index contributed by atoms with van der Waals surface area (Å²) in [7, 11) is -2.36. The van der Waals surface area contributed by atoms with Crippen molar-refractivity contribution in [1.82, 2.24) is 5.16 Å². The summed E-state index contributed by atoms with van der Waals surface area (Å²) in [5.41, 5.74) is 0.360. The van der Waals surface area contributed by atoms with Crippen molar-refractivity contribution in [2.45, 2.75) is 70.1 Å². The molecule has 2 heterocycles. The summed E-state index contributed by atoms with van der Waals surface area (Å²) in [6.07, 6.45) is 7.56. The van der Waals surface area contributed by atoms with E-state index in [1.165, 1.54) is 23.5 Å². The van der Waals surface area contributed by atoms with Crippen LogP contribution in [0.2, 0.25) is 0 Å². The van der Waals surface area contributed by atoms with Crippen LogP contribution in [0.25, 0.3) is 0 Å². The minimum absolute atomic E-state index is 0.0198. The molecule has 11 heteroatoms. The molecule has 0 amide bonds. The first-order valence-electron chi connectivity index (χ1n) is 15.6. The first-order chi connectivity index (χ1) is 21.2. The first-order valence-corrected chi connectivity index (χ1v) is 17.1. The predicted molar refractivity (Wildman–Crippen MR) is 164 cm³/mol. The zero-order valence-corrected chi connectivity index (χ0v) is 26.5. The maximum absolute atomic E-state index is 13.7. The maximum Gasteiger partial charge on any atom is 0.269 e. The Bertz CT molecular complexity index is 1400. The summed E-state index contributed by atoms with van der Waals surface area (Å²) in [5.74, 6) is 1.33. The molecule has 5 rings (SSSR count). The van der Waals surface area contributed by atoms with E-state index in [1.54, 1.807) is 6.07 Å². The van der Waals surface area contributed by atoms with E-state index in [4.69, 9.17) is 14.4 Å². The van der Waals surface area contributed by atoms with Gasteiger partial charge in [0.15, 0.2) is 11.9 Å². The van der Waals surface area contributed by atoms with Crippen LogP contribution < -0.4 is 9.64 Å². The second-order valence-electron chi connectivity index (χ2n) is 11.7. The van der Waals surface area contributed by atoms with Gasteiger partial charge < -0.3 is 24.4 Å². The highest BCUT2D eigenvalue weighted by molar-refractivity contribution is 7.86. The first kappa shape index (κ1) is 34.1. The van der Waals surface area contributed by atoms with Crippen LogP contribution in [-0.4, -0.2) is 62.5 Å². The smallest absolute Gasteiger partial charge is 0.269 e. The van der Waals surface area contributed by atoms with E-state index in [2.05, 4.69) is 16.3 Å². The molecule has 3 aromatic rings. The van der Waals surface area contributed by atoms with E-state index in [1.807, 2.05) is 42.5 Å². The van der Waals surface area contributed by atoms with E-state index in [-0.39, 0.29) is 23.6 Å². The van der Waals surface area contributed by atoms with Gasteiger partial charge in [0.05, 0.1) is 26.0 Å². The molecule has 0 bridgehead atoms. The van der Waals surface area contributed by atoms with Crippen molar-refractivity contribution in [2.75, 3.05) is 32.6 Å². The Balaban J connectivity index is 0.000000488. The third-order valence-electron chi connectivity index (χ3n) is 8.87. The third-order valence-corrected chi connectivity index (χ3v) is 10.1. The van der Waals surface area contributed by atoms with Gasteiger partial charge in [0.1, 0.15) is 36.0 Å². The molecule has 3 N–H and O–H groups in total. The molecule has 1 aliphatic carbocycles. The number of nitrogens with zero attached hydrogens (tertiary/aromatic N) is 1. The highest BCUT2D eigenvalue weighted by Crippen LogP contribution is 2.43. The molecule has 1 saturated heterocycles. The molecule has 44 heavy (non-hydrogen) atoms. The van der Waals surface area contributed by atoms with Crippen LogP contribution in [0.5, 0.6) is 5.75 Å². The van der Waals surface area contributed by atoms with Crippen molar-refractivity contribution in [3.63, 3.8) is 0 Å². The Hall–Kier alpha value is -2.83. The summed E-state index contributed by atoms with van der Waals surface area (Å²) >= 11 is 0. The lowest BCUT2D eigenvalue weighted by atomic mass is 9.71. The number of hydrogen-bond acceptors (Lipinski definition) is 8. The van der Waals surface area contributed by atoms with E-state index >= 15 is 0 Å². The van der Waals surface area contributed by atoms with Crippen LogP contribution in [0, 0.1) is 17.7 Å². The number of aromatic nitrogens is 1. The summed E-state index contributed by atoms with van der Waals surface area (Å²) < 4.78 is 50.2. The largest absolute Gasteiger partial charge is 0.484 e. The molecule has 0 radical (unpaired) electrons. The topological polar surface area (TPSA) is 124 Å². The molecule has 1 aromatic heterocycles. The summed E-state index contributed by atoms with van der Waals surface area (Å²) in [6.45, 7) is 4.31. The van der Waals surface area contributed by atoms with Crippen molar-refractivity contribution in [3.05, 3.63) is 83.5 Å². The Morgan fingerprint density at radius 1 is 1.07 bits per heavy atom. The van der Waals surface area contributed by atoms with Gasteiger partial charge in [-0.3, -0.25) is 4.18 Å². The van der Waals surface area contributed by atoms with Gasteiger partial charge in [-0.2, -0.15) is 8.42 Å². The van der Waals surface area contributed by atoms with Crippen LogP contribution >= 0.6 is 0 Å². The lowest BCUT2D eigenvalue weighted by molar-refractivity contribution is -0.923. The van der Waals surface area contributed by atoms with E-state index in [0.717, 1.165) is 70.0 Å². The molecule has 2 fully saturated rings. The average Bonchev–Trinajstić information content (AvgIpc) is 3.51. The molecule has 2 aliphatic rings. The number of aliphatic hydroxyl groups is 2. The van der Waals surface area contributed by atoms with E-state index in [0.29, 0.717) is 23.9 Å². The number of ether oxygens (including phenoxy) is 1. The van der Waals surface area contributed by atoms with Crippen LogP contribution in [0.15, 0.2) is 65.2 Å². The molecule has 4 unspecified atom stereocenters. The number of aliphatic hydroxyl groups excluding tert-OH is 1. The number of hydrogen-bond donors (Lipinski definition) is 3. The molecule has 242 valence electrons. The summed E-state index contributed by atoms with van der Waals surface area (Å²) in [5, 5.41) is 24.6. The monoisotopic (exact) mass is 633 g/mol. The molecular weight excluding hydrogens is 587 g/mol. The van der Waals surface area contributed by atoms with Crippen LogP contribution in [0.4, 0.5) is 4.39 Å². The number of quaternary nitrogens is 1. The summed E-state index contributed by atoms with van der Waals surface area (Å²) in [6, 6.07) is 18.3. The lowest BCUT2D eigenvalue weighted by Crippen LogP contribution is -3.13. The normalized spacial score (nSPS) is 22.4. The number of likely N-dealkylation sites (tertiary alicyclic amines) is 1. The van der Waals surface area contributed by atoms with Crippen LogP contribution in [-0.2, 0) is 26.4 Å². The molecule has 4 atom stereocenters. The van der Waals surface area contributed by atoms with Gasteiger partial charge in [-0.1, -0.05) is 67.7 Å². The maximum atomic E-state index is 13.7. The van der Waals surface area contributed by atoms with E-state index in [9.17, 15) is 17.9 Å². The van der Waals surface area contributed by atoms with Crippen molar-refractivity contribution in [1.29, 1.82) is 0 Å². The Kier molecular flexibility index (Phi) is 12.3. The van der Waals surface area contributed by atoms with Gasteiger partial charge in [-0.15, -0.1) is 0 Å². The standard InChI is InChI=1S/C30H37FN2O3.C3H8O4S/c1-2-22-16-17-33(21-28(22)35-26-15-9-14-25(31)18-26)20-27-19-29(32-36-27)30(34,23-10-5-3-6-11-23)24-12-7-4-8-13-24;1-7-8(5,6)3-2-4/h3,5-6,9-11,14-15,18-19,22,24,28,34H,2,4,7-8,12-13,16-17,20-21H2,1H3;4H,2-3H2,1H3/p+1. The zero-order chi connectivity index (χ0) is 31.6. The van der Waals surface area contributed by atoms with Crippen molar-refractivity contribution >= 4 is 10.1 Å². The number of halogens is 1. The minimum Gasteiger partial charge on any atom is -0.484 e. The average molecular weight is 634 g/mol. The van der Waals surface area contributed by atoms with Gasteiger partial charge in [-0.25, -0.2) is 4.39 Å². The quantitative estimate of drug-likeness (QED) is 0.272. The second-order valence-corrected chi connectivity index (χ2v) is 13.6. The van der Waals surface area contributed by atoms with Gasteiger partial charge in [0.2, 0.25) is 0 Å². The number of rotatable bonds is 11. The fraction of sp³-hybridized carbons (Fsp3) is 0.545. The lowest BCUT2D eigenvalue weighted by Gasteiger charge is -2.37. The number of piperidine rings is 1. The fourth-order valence-corrected chi connectivity index (χ4v) is 6.82. The Morgan fingerprint density at radius 2 is 1.82 bits per heavy atom. The van der Waals surface area contributed by atoms with Gasteiger partial charge in [-0.05, 0) is 42.9 Å². The number of benzene rings is 2. The molecule has 2 aromatic carbocycles. The fourth-order valence-electron chi connectivity index (χ4n) is 6.43. The highest BCUT2D eigenvalue weighted by Gasteiger charge is 2.43. The van der Waals surface area contributed by atoms with E-state index < -0.39 is 22.3 Å². The Labute approximate surface area is 260 Å². The molecule has 0 spiro atoms. The number of nitrogens with one attached hydrogen (secondary N) is 1. The van der Waals surface area contributed by atoms with Gasteiger partial charge in [0.25, 0.3) is 10.1 Å². The SMILES string of the molecule is CCC1CC[NH+](Cc2cc(C(O)(c3ccccc3)C3CCCCC3)no2)CC1Oc1cccc(F)c1.COS(=O)(=O)CCO. The van der Waals surface area contributed by atoms with Gasteiger partial charge >= 0.3 is 0 Å².